The Balaban J connectivity index is 1.21. The van der Waals surface area contributed by atoms with Crippen LogP contribution < -0.4 is 10.7 Å². The molecule has 1 atom stereocenters. The summed E-state index contributed by atoms with van der Waals surface area (Å²) in [5.41, 5.74) is 5.70. The molecule has 2 amide bonds. The molecular weight excluding hydrogens is 502 g/mol. The van der Waals surface area contributed by atoms with Gasteiger partial charge < -0.3 is 15.0 Å². The standard InChI is InChI=1S/C29H28ClN5O3/c30-25-14-21(10-11-27(25)36)29(38)33-31-15-22-17-35(26-9-5-4-8-24(22)26)19-28(37)32-23-12-13-34(18-23)16-20-6-2-1-3-7-20/h1-11,14-15,17,23,36H,12-13,16,18-19H2,(H,32,37)(H,33,38). The Kier molecular flexibility index (Phi) is 7.72. The minimum absolute atomic E-state index is 0.0432. The van der Waals surface area contributed by atoms with Crippen molar-refractivity contribution in [1.29, 1.82) is 0 Å². The summed E-state index contributed by atoms with van der Waals surface area (Å²) in [6, 6.07) is 22.4. The molecule has 0 saturated carbocycles. The van der Waals surface area contributed by atoms with Gasteiger partial charge in [0, 0.05) is 53.9 Å². The average molecular weight is 530 g/mol. The third-order valence-corrected chi connectivity index (χ3v) is 6.90. The number of amides is 2. The van der Waals surface area contributed by atoms with Crippen LogP contribution in [0.2, 0.25) is 5.02 Å². The highest BCUT2D eigenvalue weighted by Gasteiger charge is 2.24. The van der Waals surface area contributed by atoms with E-state index in [0.717, 1.165) is 42.5 Å². The van der Waals surface area contributed by atoms with Gasteiger partial charge in [0.05, 0.1) is 11.2 Å². The van der Waals surface area contributed by atoms with Crippen molar-refractivity contribution in [1.82, 2.24) is 20.2 Å². The summed E-state index contributed by atoms with van der Waals surface area (Å²) in [6.07, 6.45) is 4.33. The second-order valence-corrected chi connectivity index (χ2v) is 9.78. The largest absolute Gasteiger partial charge is 0.506 e. The van der Waals surface area contributed by atoms with Gasteiger partial charge in [0.25, 0.3) is 5.91 Å². The van der Waals surface area contributed by atoms with Gasteiger partial charge in [-0.15, -0.1) is 0 Å². The van der Waals surface area contributed by atoms with Crippen LogP contribution in [0.3, 0.4) is 0 Å². The van der Waals surface area contributed by atoms with Crippen LogP contribution in [0, 0.1) is 0 Å². The van der Waals surface area contributed by atoms with Crippen molar-refractivity contribution in [2.45, 2.75) is 25.6 Å². The topological polar surface area (TPSA) is 99.0 Å². The van der Waals surface area contributed by atoms with Crippen molar-refractivity contribution in [3.63, 3.8) is 0 Å². The molecule has 1 aliphatic rings. The zero-order valence-corrected chi connectivity index (χ0v) is 21.4. The number of halogens is 1. The highest BCUT2D eigenvalue weighted by Crippen LogP contribution is 2.24. The number of phenols is 1. The van der Waals surface area contributed by atoms with Gasteiger partial charge >= 0.3 is 0 Å². The van der Waals surface area contributed by atoms with E-state index in [-0.39, 0.29) is 34.8 Å². The molecule has 0 bridgehead atoms. The number of likely N-dealkylation sites (tertiary alicyclic amines) is 1. The first kappa shape index (κ1) is 25.5. The maximum Gasteiger partial charge on any atom is 0.271 e. The fourth-order valence-electron chi connectivity index (χ4n) is 4.75. The number of carbonyl (C=O) groups is 2. The van der Waals surface area contributed by atoms with Gasteiger partial charge in [0.15, 0.2) is 0 Å². The van der Waals surface area contributed by atoms with Gasteiger partial charge in [-0.2, -0.15) is 5.10 Å². The molecular formula is C29H28ClN5O3. The Morgan fingerprint density at radius 1 is 1.08 bits per heavy atom. The maximum absolute atomic E-state index is 12.9. The SMILES string of the molecule is O=C(Cn1cc(C=NNC(=O)c2ccc(O)c(Cl)c2)c2ccccc21)NC1CCN(Cc2ccccc2)C1. The number of phenolic OH excluding ortho intramolecular Hbond substituents is 1. The summed E-state index contributed by atoms with van der Waals surface area (Å²) in [4.78, 5) is 27.7. The van der Waals surface area contributed by atoms with Gasteiger partial charge in [-0.3, -0.25) is 14.5 Å². The van der Waals surface area contributed by atoms with E-state index in [1.807, 2.05) is 53.2 Å². The first-order valence-corrected chi connectivity index (χ1v) is 12.8. The number of fused-ring (bicyclic) bond motifs is 1. The Morgan fingerprint density at radius 3 is 2.68 bits per heavy atom. The van der Waals surface area contributed by atoms with Gasteiger partial charge in [-0.25, -0.2) is 5.43 Å². The van der Waals surface area contributed by atoms with E-state index in [0.29, 0.717) is 0 Å². The fourth-order valence-corrected chi connectivity index (χ4v) is 4.93. The third-order valence-electron chi connectivity index (χ3n) is 6.60. The zero-order chi connectivity index (χ0) is 26.5. The number of aromatic hydroxyl groups is 1. The van der Waals surface area contributed by atoms with Crippen LogP contribution in [-0.2, 0) is 17.9 Å². The third kappa shape index (κ3) is 6.04. The lowest BCUT2D eigenvalue weighted by Gasteiger charge is -2.17. The predicted octanol–water partition coefficient (Wildman–Crippen LogP) is 4.15. The second-order valence-electron chi connectivity index (χ2n) is 9.37. The number of aromatic nitrogens is 1. The first-order valence-electron chi connectivity index (χ1n) is 12.4. The molecule has 9 heteroatoms. The van der Waals surface area contributed by atoms with Crippen LogP contribution in [0.4, 0.5) is 0 Å². The van der Waals surface area contributed by atoms with Gasteiger partial charge in [0.1, 0.15) is 12.3 Å². The zero-order valence-electron chi connectivity index (χ0n) is 20.7. The maximum atomic E-state index is 12.9. The van der Waals surface area contributed by atoms with Crippen molar-refractivity contribution in [2.75, 3.05) is 13.1 Å². The number of hydrogen-bond donors (Lipinski definition) is 3. The van der Waals surface area contributed by atoms with Crippen LogP contribution in [0.5, 0.6) is 5.75 Å². The molecule has 1 aliphatic heterocycles. The summed E-state index contributed by atoms with van der Waals surface area (Å²) in [5, 5.41) is 17.8. The number of benzene rings is 3. The monoisotopic (exact) mass is 529 g/mol. The van der Waals surface area contributed by atoms with Crippen LogP contribution >= 0.6 is 11.6 Å². The summed E-state index contributed by atoms with van der Waals surface area (Å²) in [7, 11) is 0. The number of rotatable bonds is 8. The number of nitrogens with one attached hydrogen (secondary N) is 2. The van der Waals surface area contributed by atoms with E-state index in [4.69, 9.17) is 11.6 Å². The number of nitrogens with zero attached hydrogens (tertiary/aromatic N) is 3. The summed E-state index contributed by atoms with van der Waals surface area (Å²) in [5.74, 6) is -0.594. The molecule has 1 aromatic heterocycles. The molecule has 1 saturated heterocycles. The minimum atomic E-state index is -0.455. The smallest absolute Gasteiger partial charge is 0.271 e. The lowest BCUT2D eigenvalue weighted by Crippen LogP contribution is -2.38. The molecule has 0 aliphatic carbocycles. The van der Waals surface area contributed by atoms with Crippen LogP contribution in [0.1, 0.15) is 27.9 Å². The average Bonchev–Trinajstić information content (AvgIpc) is 3.50. The molecule has 1 fully saturated rings. The van der Waals surface area contributed by atoms with Crippen LogP contribution in [0.15, 0.2) is 84.1 Å². The van der Waals surface area contributed by atoms with Crippen LogP contribution in [-0.4, -0.2) is 51.7 Å². The summed E-state index contributed by atoms with van der Waals surface area (Å²) >= 11 is 5.88. The molecule has 5 rings (SSSR count). The van der Waals surface area contributed by atoms with Gasteiger partial charge in [0.2, 0.25) is 5.91 Å². The highest BCUT2D eigenvalue weighted by molar-refractivity contribution is 6.32. The molecule has 38 heavy (non-hydrogen) atoms. The molecule has 194 valence electrons. The number of carbonyl (C=O) groups excluding carboxylic acids is 2. The number of para-hydroxylation sites is 1. The van der Waals surface area contributed by atoms with E-state index >= 15 is 0 Å². The van der Waals surface area contributed by atoms with E-state index in [1.165, 1.54) is 23.8 Å². The summed E-state index contributed by atoms with van der Waals surface area (Å²) in [6.45, 7) is 2.85. The molecule has 8 nitrogen and oxygen atoms in total. The van der Waals surface area contributed by atoms with E-state index in [9.17, 15) is 14.7 Å². The molecule has 2 heterocycles. The number of hydrogen-bond acceptors (Lipinski definition) is 5. The van der Waals surface area contributed by atoms with Crippen molar-refractivity contribution in [3.8, 4) is 5.75 Å². The second kappa shape index (κ2) is 11.5. The Bertz CT molecular complexity index is 1480. The minimum Gasteiger partial charge on any atom is -0.506 e. The lowest BCUT2D eigenvalue weighted by molar-refractivity contribution is -0.122. The summed E-state index contributed by atoms with van der Waals surface area (Å²) < 4.78 is 1.89. The van der Waals surface area contributed by atoms with Crippen molar-refractivity contribution < 1.29 is 14.7 Å². The van der Waals surface area contributed by atoms with Gasteiger partial charge in [-0.05, 0) is 36.2 Å². The van der Waals surface area contributed by atoms with Gasteiger partial charge in [-0.1, -0.05) is 60.1 Å². The Hall–Kier alpha value is -4.14. The first-order chi connectivity index (χ1) is 18.5. The molecule has 1 unspecified atom stereocenters. The van der Waals surface area contributed by atoms with Crippen LogP contribution in [0.25, 0.3) is 10.9 Å². The molecule has 0 spiro atoms. The van der Waals surface area contributed by atoms with Crippen molar-refractivity contribution in [3.05, 3.63) is 101 Å². The van der Waals surface area contributed by atoms with Crippen molar-refractivity contribution in [2.24, 2.45) is 5.10 Å². The Morgan fingerprint density at radius 2 is 1.87 bits per heavy atom. The van der Waals surface area contributed by atoms with E-state index < -0.39 is 5.91 Å². The molecule has 3 aromatic carbocycles. The quantitative estimate of drug-likeness (QED) is 0.236. The Labute approximate surface area is 225 Å². The molecule has 4 aromatic rings. The predicted molar refractivity (Wildman–Crippen MR) is 148 cm³/mol. The van der Waals surface area contributed by atoms with E-state index in [1.54, 1.807) is 6.21 Å². The normalized spacial score (nSPS) is 15.8. The fraction of sp³-hybridized carbons (Fsp3) is 0.207. The number of hydrazone groups is 1. The van der Waals surface area contributed by atoms with E-state index in [2.05, 4.69) is 32.9 Å². The lowest BCUT2D eigenvalue weighted by atomic mass is 10.2. The van der Waals surface area contributed by atoms with Crippen molar-refractivity contribution >= 4 is 40.5 Å². The molecule has 0 radical (unpaired) electrons. The highest BCUT2D eigenvalue weighted by atomic mass is 35.5. The molecule has 3 N–H and O–H groups in total.